The van der Waals surface area contributed by atoms with E-state index in [0.717, 1.165) is 26.1 Å². The van der Waals surface area contributed by atoms with Gasteiger partial charge in [-0.05, 0) is 52.2 Å². The summed E-state index contributed by atoms with van der Waals surface area (Å²) >= 11 is 0. The van der Waals surface area contributed by atoms with Crippen molar-refractivity contribution in [2.24, 2.45) is 5.92 Å². The van der Waals surface area contributed by atoms with Gasteiger partial charge in [0.15, 0.2) is 0 Å². The summed E-state index contributed by atoms with van der Waals surface area (Å²) in [6, 6.07) is -0.0751. The van der Waals surface area contributed by atoms with E-state index in [0.29, 0.717) is 5.92 Å². The van der Waals surface area contributed by atoms with Crippen LogP contribution in [0.3, 0.4) is 0 Å². The van der Waals surface area contributed by atoms with Crippen molar-refractivity contribution in [1.82, 2.24) is 15.5 Å². The zero-order valence-electron chi connectivity index (χ0n) is 12.9. The number of piperidine rings is 1. The van der Waals surface area contributed by atoms with E-state index in [2.05, 4.69) is 29.5 Å². The maximum Gasteiger partial charge on any atom is 0.236 e. The van der Waals surface area contributed by atoms with Gasteiger partial charge in [-0.15, -0.1) is 0 Å². The lowest BCUT2D eigenvalue weighted by Gasteiger charge is -2.30. The first-order valence-electron chi connectivity index (χ1n) is 7.83. The third-order valence-electron chi connectivity index (χ3n) is 3.91. The van der Waals surface area contributed by atoms with Crippen LogP contribution in [0.15, 0.2) is 0 Å². The molecule has 0 saturated carbocycles. The first-order chi connectivity index (χ1) is 9.13. The molecular formula is C15H31N3O. The van der Waals surface area contributed by atoms with Crippen LogP contribution in [-0.4, -0.2) is 50.1 Å². The molecule has 1 amide bonds. The van der Waals surface area contributed by atoms with E-state index in [1.165, 1.54) is 32.2 Å². The smallest absolute Gasteiger partial charge is 0.236 e. The van der Waals surface area contributed by atoms with Crippen LogP contribution in [-0.2, 0) is 4.79 Å². The van der Waals surface area contributed by atoms with Crippen molar-refractivity contribution >= 4 is 5.91 Å². The zero-order valence-corrected chi connectivity index (χ0v) is 12.9. The quantitative estimate of drug-likeness (QED) is 0.658. The molecule has 0 aromatic rings. The number of carbonyl (C=O) groups excluding carboxylic acids is 1. The Kier molecular flexibility index (Phi) is 8.07. The summed E-state index contributed by atoms with van der Waals surface area (Å²) in [4.78, 5) is 14.2. The van der Waals surface area contributed by atoms with Crippen LogP contribution >= 0.6 is 0 Å². The molecule has 2 unspecified atom stereocenters. The molecule has 2 N–H and O–H groups in total. The van der Waals surface area contributed by atoms with Crippen molar-refractivity contribution in [3.05, 3.63) is 0 Å². The van der Waals surface area contributed by atoms with Crippen molar-refractivity contribution in [2.75, 3.05) is 33.2 Å². The number of likely N-dealkylation sites (tertiary alicyclic amines) is 1. The van der Waals surface area contributed by atoms with Gasteiger partial charge in [-0.1, -0.05) is 19.8 Å². The number of nitrogens with one attached hydrogen (secondary N) is 2. The van der Waals surface area contributed by atoms with Crippen molar-refractivity contribution in [3.8, 4) is 0 Å². The molecule has 19 heavy (non-hydrogen) atoms. The topological polar surface area (TPSA) is 44.4 Å². The van der Waals surface area contributed by atoms with Gasteiger partial charge in [0.25, 0.3) is 0 Å². The Bertz CT molecular complexity index is 258. The lowest BCUT2D eigenvalue weighted by atomic mass is 9.98. The second-order valence-corrected chi connectivity index (χ2v) is 5.90. The van der Waals surface area contributed by atoms with E-state index < -0.39 is 0 Å². The molecule has 1 heterocycles. The van der Waals surface area contributed by atoms with Crippen molar-refractivity contribution in [3.63, 3.8) is 0 Å². The Balaban J connectivity index is 2.11. The molecule has 1 rings (SSSR count). The normalized spacial score (nSPS) is 22.2. The van der Waals surface area contributed by atoms with Crippen molar-refractivity contribution < 1.29 is 4.79 Å². The van der Waals surface area contributed by atoms with Gasteiger partial charge >= 0.3 is 0 Å². The summed E-state index contributed by atoms with van der Waals surface area (Å²) in [5.41, 5.74) is 0. The number of nitrogens with zero attached hydrogens (tertiary/aromatic N) is 1. The van der Waals surface area contributed by atoms with Crippen molar-refractivity contribution in [2.45, 2.75) is 52.0 Å². The number of amides is 1. The average Bonchev–Trinajstić information content (AvgIpc) is 2.41. The molecule has 1 saturated heterocycles. The maximum absolute atomic E-state index is 11.9. The number of carbonyl (C=O) groups is 1. The second kappa shape index (κ2) is 9.32. The van der Waals surface area contributed by atoms with E-state index in [9.17, 15) is 4.79 Å². The predicted molar refractivity (Wildman–Crippen MR) is 80.2 cm³/mol. The van der Waals surface area contributed by atoms with Gasteiger partial charge in [-0.2, -0.15) is 0 Å². The minimum atomic E-state index is -0.0751. The highest BCUT2D eigenvalue weighted by atomic mass is 16.2. The fourth-order valence-electron chi connectivity index (χ4n) is 2.62. The van der Waals surface area contributed by atoms with Gasteiger partial charge in [0.1, 0.15) is 0 Å². The van der Waals surface area contributed by atoms with Crippen LogP contribution < -0.4 is 10.6 Å². The van der Waals surface area contributed by atoms with Crippen molar-refractivity contribution in [1.29, 1.82) is 0 Å². The molecule has 0 spiro atoms. The van der Waals surface area contributed by atoms with E-state index in [-0.39, 0.29) is 11.9 Å². The molecule has 0 bridgehead atoms. The molecule has 4 heteroatoms. The minimum Gasteiger partial charge on any atom is -0.355 e. The Morgan fingerprint density at radius 2 is 2.21 bits per heavy atom. The van der Waals surface area contributed by atoms with Crippen LogP contribution in [0.5, 0.6) is 0 Å². The zero-order chi connectivity index (χ0) is 14.1. The number of hydrogen-bond acceptors (Lipinski definition) is 3. The van der Waals surface area contributed by atoms with Gasteiger partial charge in [-0.3, -0.25) is 4.79 Å². The summed E-state index contributed by atoms with van der Waals surface area (Å²) < 4.78 is 0. The van der Waals surface area contributed by atoms with E-state index in [4.69, 9.17) is 0 Å². The molecule has 0 aliphatic carbocycles. The maximum atomic E-state index is 11.9. The molecule has 1 aliphatic heterocycles. The highest BCUT2D eigenvalue weighted by molar-refractivity contribution is 5.81. The Morgan fingerprint density at radius 1 is 1.42 bits per heavy atom. The van der Waals surface area contributed by atoms with E-state index in [1.807, 2.05) is 6.92 Å². The van der Waals surface area contributed by atoms with Gasteiger partial charge in [-0.25, -0.2) is 0 Å². The summed E-state index contributed by atoms with van der Waals surface area (Å²) in [7, 11) is 2.18. The molecule has 2 atom stereocenters. The molecule has 0 aromatic carbocycles. The second-order valence-electron chi connectivity index (χ2n) is 5.90. The van der Waals surface area contributed by atoms with Crippen LogP contribution in [0.2, 0.25) is 0 Å². The van der Waals surface area contributed by atoms with Gasteiger partial charge < -0.3 is 15.5 Å². The molecular weight excluding hydrogens is 238 g/mol. The Labute approximate surface area is 118 Å². The third kappa shape index (κ3) is 6.92. The summed E-state index contributed by atoms with van der Waals surface area (Å²) in [6.07, 6.45) is 6.03. The largest absolute Gasteiger partial charge is 0.355 e. The lowest BCUT2D eigenvalue weighted by molar-refractivity contribution is -0.122. The number of hydrogen-bond donors (Lipinski definition) is 2. The molecule has 0 aromatic heterocycles. The average molecular weight is 269 g/mol. The highest BCUT2D eigenvalue weighted by Gasteiger charge is 2.19. The van der Waals surface area contributed by atoms with Gasteiger partial charge in [0, 0.05) is 13.1 Å². The number of rotatable bonds is 8. The van der Waals surface area contributed by atoms with Gasteiger partial charge in [0.05, 0.1) is 6.04 Å². The Morgan fingerprint density at radius 3 is 2.89 bits per heavy atom. The van der Waals surface area contributed by atoms with Crippen LogP contribution in [0, 0.1) is 5.92 Å². The van der Waals surface area contributed by atoms with Gasteiger partial charge in [0.2, 0.25) is 5.91 Å². The fraction of sp³-hybridized carbons (Fsp3) is 0.933. The van der Waals surface area contributed by atoms with Crippen LogP contribution in [0.1, 0.15) is 46.0 Å². The monoisotopic (exact) mass is 269 g/mol. The summed E-state index contributed by atoms with van der Waals surface area (Å²) in [5.74, 6) is 0.828. The molecule has 1 aliphatic rings. The number of unbranched alkanes of at least 4 members (excludes halogenated alkanes) is 2. The first-order valence-corrected chi connectivity index (χ1v) is 7.83. The van der Waals surface area contributed by atoms with Crippen LogP contribution in [0.25, 0.3) is 0 Å². The standard InChI is InChI=1S/C15H31N3O/c1-4-5-6-9-16-15(19)13(2)17-11-14-8-7-10-18(3)12-14/h13-14,17H,4-12H2,1-3H3,(H,16,19). The SMILES string of the molecule is CCCCCNC(=O)C(C)NCC1CCCN(C)C1. The minimum absolute atomic E-state index is 0.0751. The molecule has 112 valence electrons. The molecule has 1 fully saturated rings. The lowest BCUT2D eigenvalue weighted by Crippen LogP contribution is -2.46. The highest BCUT2D eigenvalue weighted by Crippen LogP contribution is 2.13. The fourth-order valence-corrected chi connectivity index (χ4v) is 2.62. The predicted octanol–water partition coefficient (Wildman–Crippen LogP) is 1.61. The third-order valence-corrected chi connectivity index (χ3v) is 3.91. The summed E-state index contributed by atoms with van der Waals surface area (Å²) in [6.45, 7) is 8.26. The van der Waals surface area contributed by atoms with E-state index in [1.54, 1.807) is 0 Å². The first kappa shape index (κ1) is 16.4. The molecule has 0 radical (unpaired) electrons. The molecule has 4 nitrogen and oxygen atoms in total. The summed E-state index contributed by atoms with van der Waals surface area (Å²) in [5, 5.41) is 6.38. The van der Waals surface area contributed by atoms with Crippen LogP contribution in [0.4, 0.5) is 0 Å². The van der Waals surface area contributed by atoms with E-state index >= 15 is 0 Å². The Hall–Kier alpha value is -0.610.